The molecule has 0 radical (unpaired) electrons. The van der Waals surface area contributed by atoms with E-state index in [2.05, 4.69) is 10.6 Å². The Balaban J connectivity index is 1.89. The van der Waals surface area contributed by atoms with Crippen molar-refractivity contribution < 1.29 is 13.6 Å². The maximum absolute atomic E-state index is 14.5. The Hall–Kier alpha value is -3.21. The van der Waals surface area contributed by atoms with Crippen LogP contribution < -0.4 is 10.6 Å². The molecule has 2 N–H and O–H groups in total. The van der Waals surface area contributed by atoms with Gasteiger partial charge in [0.15, 0.2) is 0 Å². The van der Waals surface area contributed by atoms with Gasteiger partial charge in [0.05, 0.1) is 5.54 Å². The molecule has 1 atom stereocenters. The Kier molecular flexibility index (Phi) is 7.25. The van der Waals surface area contributed by atoms with Gasteiger partial charge < -0.3 is 10.6 Å². The molecule has 35 heavy (non-hydrogen) atoms. The van der Waals surface area contributed by atoms with Gasteiger partial charge in [-0.25, -0.2) is 13.6 Å². The molecule has 4 rings (SSSR count). The van der Waals surface area contributed by atoms with Crippen LogP contribution in [0.4, 0.5) is 13.6 Å². The van der Waals surface area contributed by atoms with E-state index < -0.39 is 11.5 Å². The molecule has 0 unspecified atom stereocenters. The fraction of sp³-hybridized carbons (Fsp3) is 0.367. The van der Waals surface area contributed by atoms with Gasteiger partial charge in [-0.1, -0.05) is 90.7 Å². The van der Waals surface area contributed by atoms with Gasteiger partial charge in [0.2, 0.25) is 0 Å². The Morgan fingerprint density at radius 1 is 0.857 bits per heavy atom. The summed E-state index contributed by atoms with van der Waals surface area (Å²) in [5.74, 6) is -3.00. The van der Waals surface area contributed by atoms with E-state index >= 15 is 0 Å². The molecule has 0 aliphatic heterocycles. The molecule has 0 spiro atoms. The predicted octanol–water partition coefficient (Wildman–Crippen LogP) is 7.14. The molecule has 3 aromatic carbocycles. The van der Waals surface area contributed by atoms with Crippen molar-refractivity contribution in [3.63, 3.8) is 0 Å². The second kappa shape index (κ2) is 10.2. The van der Waals surface area contributed by atoms with E-state index in [0.717, 1.165) is 54.9 Å². The van der Waals surface area contributed by atoms with E-state index in [4.69, 9.17) is 0 Å². The summed E-state index contributed by atoms with van der Waals surface area (Å²) in [6, 6.07) is 22.7. The summed E-state index contributed by atoms with van der Waals surface area (Å²) in [7, 11) is 0. The van der Waals surface area contributed by atoms with Crippen LogP contribution in [0.2, 0.25) is 0 Å². The molecule has 0 bridgehead atoms. The first-order valence-corrected chi connectivity index (χ1v) is 12.4. The minimum atomic E-state index is -3.00. The maximum atomic E-state index is 14.5. The summed E-state index contributed by atoms with van der Waals surface area (Å²) in [6.07, 6.45) is 4.55. The lowest BCUT2D eigenvalue weighted by Gasteiger charge is -2.37. The molecule has 0 aromatic heterocycles. The predicted molar refractivity (Wildman–Crippen MR) is 137 cm³/mol. The largest absolute Gasteiger partial charge is 0.335 e. The lowest BCUT2D eigenvalue weighted by molar-refractivity contribution is 0.0172. The third-order valence-corrected chi connectivity index (χ3v) is 6.95. The van der Waals surface area contributed by atoms with Crippen molar-refractivity contribution in [2.24, 2.45) is 0 Å². The van der Waals surface area contributed by atoms with Crippen LogP contribution >= 0.6 is 0 Å². The van der Waals surface area contributed by atoms with Crippen LogP contribution in [0, 0.1) is 13.8 Å². The second-order valence-corrected chi connectivity index (χ2v) is 9.99. The molecule has 0 saturated heterocycles. The van der Waals surface area contributed by atoms with Crippen LogP contribution in [-0.4, -0.2) is 12.1 Å². The highest BCUT2D eigenvalue weighted by molar-refractivity contribution is 5.76. The van der Waals surface area contributed by atoms with Gasteiger partial charge in [0, 0.05) is 24.9 Å². The molecule has 3 nitrogen and oxygen atoms in total. The number of carbonyl (C=O) groups is 1. The number of hydrogen-bond acceptors (Lipinski definition) is 1. The third-order valence-electron chi connectivity index (χ3n) is 6.95. The van der Waals surface area contributed by atoms with Gasteiger partial charge in [-0.3, -0.25) is 0 Å². The zero-order valence-corrected chi connectivity index (χ0v) is 20.7. The van der Waals surface area contributed by atoms with Crippen LogP contribution in [0.1, 0.15) is 66.0 Å². The van der Waals surface area contributed by atoms with E-state index in [0.29, 0.717) is 12.0 Å². The average molecular weight is 477 g/mol. The number of aryl methyl sites for hydroxylation is 2. The summed E-state index contributed by atoms with van der Waals surface area (Å²) in [6.45, 7) is 4.74. The Bertz CT molecular complexity index is 1150. The molecule has 5 heteroatoms. The lowest BCUT2D eigenvalue weighted by atomic mass is 9.76. The van der Waals surface area contributed by atoms with E-state index in [9.17, 15) is 13.6 Å². The molecule has 1 fully saturated rings. The number of rotatable bonds is 7. The smallest absolute Gasteiger partial charge is 0.315 e. The first-order valence-electron chi connectivity index (χ1n) is 12.4. The highest BCUT2D eigenvalue weighted by Crippen LogP contribution is 2.38. The van der Waals surface area contributed by atoms with Crippen molar-refractivity contribution in [3.8, 4) is 0 Å². The zero-order valence-electron chi connectivity index (χ0n) is 20.7. The van der Waals surface area contributed by atoms with Crippen LogP contribution in [-0.2, 0) is 17.9 Å². The highest BCUT2D eigenvalue weighted by Gasteiger charge is 2.38. The van der Waals surface area contributed by atoms with Crippen molar-refractivity contribution in [1.82, 2.24) is 10.6 Å². The summed E-state index contributed by atoms with van der Waals surface area (Å²) in [5.41, 5.74) is 3.21. The molecule has 3 aromatic rings. The summed E-state index contributed by atoms with van der Waals surface area (Å²) in [5, 5.41) is 6.40. The number of urea groups is 1. The maximum Gasteiger partial charge on any atom is 0.315 e. The van der Waals surface area contributed by atoms with Gasteiger partial charge in [0.1, 0.15) is 0 Å². The molecular weight excluding hydrogens is 442 g/mol. The SMILES string of the molecule is Cc1ccc([C@@](Cc2ccccc2)(NC(=O)NC2CCCC2)c2cc(C)cc(C(C)(F)F)c2)cc1. The van der Waals surface area contributed by atoms with Crippen LogP contribution in [0.3, 0.4) is 0 Å². The summed E-state index contributed by atoms with van der Waals surface area (Å²) in [4.78, 5) is 13.4. The number of amides is 2. The van der Waals surface area contributed by atoms with Crippen molar-refractivity contribution in [1.29, 1.82) is 0 Å². The highest BCUT2D eigenvalue weighted by atomic mass is 19.3. The first-order chi connectivity index (χ1) is 16.7. The average Bonchev–Trinajstić information content (AvgIpc) is 3.31. The minimum Gasteiger partial charge on any atom is -0.335 e. The molecule has 184 valence electrons. The number of carbonyl (C=O) groups excluding carboxylic acids is 1. The van der Waals surface area contributed by atoms with Gasteiger partial charge in [-0.15, -0.1) is 0 Å². The van der Waals surface area contributed by atoms with Gasteiger partial charge in [-0.05, 0) is 49.4 Å². The monoisotopic (exact) mass is 476 g/mol. The summed E-state index contributed by atoms with van der Waals surface area (Å²) < 4.78 is 29.0. The Labute approximate surface area is 207 Å². The van der Waals surface area contributed by atoms with Crippen molar-refractivity contribution in [2.75, 3.05) is 0 Å². The van der Waals surface area contributed by atoms with Gasteiger partial charge >= 0.3 is 6.03 Å². The Morgan fingerprint density at radius 2 is 1.49 bits per heavy atom. The molecule has 1 aliphatic rings. The van der Waals surface area contributed by atoms with E-state index in [1.165, 1.54) is 6.07 Å². The second-order valence-electron chi connectivity index (χ2n) is 9.99. The van der Waals surface area contributed by atoms with Gasteiger partial charge in [0.25, 0.3) is 5.92 Å². The quantitative estimate of drug-likeness (QED) is 0.374. The van der Waals surface area contributed by atoms with Gasteiger partial charge in [-0.2, -0.15) is 0 Å². The molecular formula is C30H34F2N2O. The van der Waals surface area contributed by atoms with Crippen molar-refractivity contribution in [3.05, 3.63) is 106 Å². The minimum absolute atomic E-state index is 0.0601. The number of halogens is 2. The third kappa shape index (κ3) is 5.90. The summed E-state index contributed by atoms with van der Waals surface area (Å²) >= 11 is 0. The number of benzene rings is 3. The molecule has 1 saturated carbocycles. The number of alkyl halides is 2. The standard InChI is InChI=1S/C30H34F2N2O/c1-21-13-15-24(16-14-21)30(20-23-9-5-4-6-10-23,34-28(35)33-27-11-7-8-12-27)26-18-22(2)17-25(19-26)29(3,31)32/h4-6,9-10,13-19,27H,7-8,11-12,20H2,1-3H3,(H2,33,34,35)/t30-/m1/s1. The van der Waals surface area contributed by atoms with E-state index in [-0.39, 0.29) is 17.6 Å². The van der Waals surface area contributed by atoms with Crippen molar-refractivity contribution >= 4 is 6.03 Å². The van der Waals surface area contributed by atoms with E-state index in [1.54, 1.807) is 6.07 Å². The molecule has 0 heterocycles. The molecule has 2 amide bonds. The van der Waals surface area contributed by atoms with Crippen LogP contribution in [0.25, 0.3) is 0 Å². The van der Waals surface area contributed by atoms with Crippen molar-refractivity contribution in [2.45, 2.75) is 70.4 Å². The topological polar surface area (TPSA) is 41.1 Å². The first kappa shape index (κ1) is 24.9. The Morgan fingerprint density at radius 3 is 2.11 bits per heavy atom. The molecule has 1 aliphatic carbocycles. The normalized spacial score (nSPS) is 16.0. The zero-order chi connectivity index (χ0) is 25.1. The van der Waals surface area contributed by atoms with Crippen LogP contribution in [0.15, 0.2) is 72.8 Å². The fourth-order valence-electron chi connectivity index (χ4n) is 5.07. The number of nitrogens with one attached hydrogen (secondary N) is 2. The fourth-order valence-corrected chi connectivity index (χ4v) is 5.07. The van der Waals surface area contributed by atoms with Crippen LogP contribution in [0.5, 0.6) is 0 Å². The van der Waals surface area contributed by atoms with E-state index in [1.807, 2.05) is 74.5 Å². The number of hydrogen-bond donors (Lipinski definition) is 2. The lowest BCUT2D eigenvalue weighted by Crippen LogP contribution is -2.53.